The smallest absolute Gasteiger partial charge is 0.267 e. The number of aryl methyl sites for hydroxylation is 1. The maximum absolute atomic E-state index is 12.5. The van der Waals surface area contributed by atoms with Gasteiger partial charge in [0.25, 0.3) is 5.91 Å². The lowest BCUT2D eigenvalue weighted by Gasteiger charge is -2.10. The number of hydrogen-bond donors (Lipinski definition) is 1. The molecule has 0 atom stereocenters. The van der Waals surface area contributed by atoms with Crippen LogP contribution < -0.4 is 10.1 Å². The van der Waals surface area contributed by atoms with Crippen molar-refractivity contribution in [1.82, 2.24) is 9.97 Å². The highest BCUT2D eigenvalue weighted by Crippen LogP contribution is 2.30. The zero-order valence-electron chi connectivity index (χ0n) is 14.4. The number of rotatable bonds is 5. The number of thiophene rings is 1. The van der Waals surface area contributed by atoms with E-state index in [1.807, 2.05) is 54.8 Å². The fourth-order valence-electron chi connectivity index (χ4n) is 2.46. The molecule has 7 heteroatoms. The summed E-state index contributed by atoms with van der Waals surface area (Å²) >= 11 is 2.99. The molecule has 0 saturated carbocycles. The lowest BCUT2D eigenvalue weighted by atomic mass is 10.2. The van der Waals surface area contributed by atoms with Crippen LogP contribution in [0.25, 0.3) is 9.88 Å². The van der Waals surface area contributed by atoms with Crippen molar-refractivity contribution in [2.45, 2.75) is 6.92 Å². The van der Waals surface area contributed by atoms with Crippen LogP contribution in [0.1, 0.15) is 15.2 Å². The summed E-state index contributed by atoms with van der Waals surface area (Å²) in [6, 6.07) is 13.2. The molecule has 4 rings (SSSR count). The van der Waals surface area contributed by atoms with E-state index in [9.17, 15) is 4.79 Å². The van der Waals surface area contributed by atoms with Crippen LogP contribution in [0.3, 0.4) is 0 Å². The predicted molar refractivity (Wildman–Crippen MR) is 109 cm³/mol. The van der Waals surface area contributed by atoms with E-state index in [4.69, 9.17) is 4.74 Å². The van der Waals surface area contributed by atoms with Gasteiger partial charge in [-0.05, 0) is 54.3 Å². The molecule has 1 N–H and O–H groups in total. The number of aromatic nitrogens is 2. The number of thiazole rings is 1. The van der Waals surface area contributed by atoms with E-state index in [-0.39, 0.29) is 5.91 Å². The zero-order valence-corrected chi connectivity index (χ0v) is 16.0. The number of pyridine rings is 1. The third-order valence-corrected chi connectivity index (χ3v) is 5.79. The highest BCUT2D eigenvalue weighted by atomic mass is 32.1. The third kappa shape index (κ3) is 4.05. The molecule has 0 unspecified atom stereocenters. The minimum absolute atomic E-state index is 0.171. The van der Waals surface area contributed by atoms with E-state index in [1.54, 1.807) is 29.9 Å². The maximum atomic E-state index is 12.5. The summed E-state index contributed by atoms with van der Waals surface area (Å²) in [5.41, 5.74) is 1.63. The SMILES string of the molecule is Cc1cc(NC(=O)c2cnc(-c3cccs3)s2)ccc1Oc1cccnc1. The number of carbonyl (C=O) groups is 1. The van der Waals surface area contributed by atoms with Gasteiger partial charge in [0.1, 0.15) is 21.4 Å². The molecular formula is C20H15N3O2S2. The van der Waals surface area contributed by atoms with E-state index in [2.05, 4.69) is 15.3 Å². The third-order valence-electron chi connectivity index (χ3n) is 3.76. The molecule has 3 aromatic heterocycles. The van der Waals surface area contributed by atoms with Crippen molar-refractivity contribution in [3.05, 3.63) is 76.9 Å². The van der Waals surface area contributed by atoms with Gasteiger partial charge in [-0.25, -0.2) is 4.98 Å². The van der Waals surface area contributed by atoms with Crippen LogP contribution in [-0.2, 0) is 0 Å². The molecule has 0 aliphatic heterocycles. The number of nitrogens with one attached hydrogen (secondary N) is 1. The van der Waals surface area contributed by atoms with Gasteiger partial charge < -0.3 is 10.1 Å². The van der Waals surface area contributed by atoms with Gasteiger partial charge in [-0.3, -0.25) is 9.78 Å². The Morgan fingerprint density at radius 2 is 2.07 bits per heavy atom. The summed E-state index contributed by atoms with van der Waals surface area (Å²) in [6.07, 6.45) is 4.97. The Bertz CT molecular complexity index is 1060. The van der Waals surface area contributed by atoms with Crippen LogP contribution >= 0.6 is 22.7 Å². The van der Waals surface area contributed by atoms with Crippen LogP contribution in [0.4, 0.5) is 5.69 Å². The van der Waals surface area contributed by atoms with Gasteiger partial charge in [0.15, 0.2) is 0 Å². The average Bonchev–Trinajstić information content (AvgIpc) is 3.36. The summed E-state index contributed by atoms with van der Waals surface area (Å²) < 4.78 is 5.82. The molecule has 1 aromatic carbocycles. The molecule has 0 bridgehead atoms. The minimum Gasteiger partial charge on any atom is -0.455 e. The van der Waals surface area contributed by atoms with Crippen molar-refractivity contribution < 1.29 is 9.53 Å². The Morgan fingerprint density at radius 3 is 2.81 bits per heavy atom. The van der Waals surface area contributed by atoms with Crippen molar-refractivity contribution in [1.29, 1.82) is 0 Å². The van der Waals surface area contributed by atoms with E-state index in [1.165, 1.54) is 11.3 Å². The van der Waals surface area contributed by atoms with Gasteiger partial charge in [0.2, 0.25) is 0 Å². The maximum Gasteiger partial charge on any atom is 0.267 e. The highest BCUT2D eigenvalue weighted by molar-refractivity contribution is 7.22. The predicted octanol–water partition coefficient (Wildman–Crippen LogP) is 5.62. The first-order valence-corrected chi connectivity index (χ1v) is 9.88. The minimum atomic E-state index is -0.171. The second kappa shape index (κ2) is 7.69. The molecule has 4 aromatic rings. The number of benzene rings is 1. The molecule has 0 spiro atoms. The number of nitrogens with zero attached hydrogens (tertiary/aromatic N) is 2. The summed E-state index contributed by atoms with van der Waals surface area (Å²) in [4.78, 5) is 22.5. The monoisotopic (exact) mass is 393 g/mol. The second-order valence-corrected chi connectivity index (χ2v) is 7.71. The van der Waals surface area contributed by atoms with Gasteiger partial charge in [-0.2, -0.15) is 0 Å². The summed E-state index contributed by atoms with van der Waals surface area (Å²) in [5, 5.41) is 5.76. The molecule has 1 amide bonds. The first-order chi connectivity index (χ1) is 13.2. The van der Waals surface area contributed by atoms with E-state index in [0.717, 1.165) is 21.2 Å². The Hall–Kier alpha value is -3.03. The van der Waals surface area contributed by atoms with Crippen molar-refractivity contribution in [3.63, 3.8) is 0 Å². The summed E-state index contributed by atoms with van der Waals surface area (Å²) in [7, 11) is 0. The van der Waals surface area contributed by atoms with Crippen LogP contribution in [0.15, 0.2) is 66.4 Å². The summed E-state index contributed by atoms with van der Waals surface area (Å²) in [5.74, 6) is 1.22. The molecule has 3 heterocycles. The Balaban J connectivity index is 1.46. The van der Waals surface area contributed by atoms with Crippen molar-refractivity contribution >= 4 is 34.3 Å². The molecule has 0 aliphatic carbocycles. The Labute approximate surface area is 164 Å². The van der Waals surface area contributed by atoms with Gasteiger partial charge in [-0.15, -0.1) is 22.7 Å². The van der Waals surface area contributed by atoms with Crippen LogP contribution in [0.2, 0.25) is 0 Å². The molecule has 5 nitrogen and oxygen atoms in total. The molecule has 0 fully saturated rings. The van der Waals surface area contributed by atoms with E-state index in [0.29, 0.717) is 16.3 Å². The van der Waals surface area contributed by atoms with Gasteiger partial charge >= 0.3 is 0 Å². The lowest BCUT2D eigenvalue weighted by molar-refractivity contribution is 0.103. The van der Waals surface area contributed by atoms with E-state index < -0.39 is 0 Å². The summed E-state index contributed by atoms with van der Waals surface area (Å²) in [6.45, 7) is 1.93. The van der Waals surface area contributed by atoms with Crippen LogP contribution in [0, 0.1) is 6.92 Å². The van der Waals surface area contributed by atoms with Crippen molar-refractivity contribution in [2.24, 2.45) is 0 Å². The van der Waals surface area contributed by atoms with E-state index >= 15 is 0 Å². The number of amides is 1. The fraction of sp³-hybridized carbons (Fsp3) is 0.0500. The van der Waals surface area contributed by atoms with Crippen molar-refractivity contribution in [3.8, 4) is 21.4 Å². The largest absolute Gasteiger partial charge is 0.455 e. The molecule has 0 saturated heterocycles. The molecule has 0 radical (unpaired) electrons. The van der Waals surface area contributed by atoms with Gasteiger partial charge in [-0.1, -0.05) is 6.07 Å². The molecular weight excluding hydrogens is 378 g/mol. The molecule has 134 valence electrons. The second-order valence-electron chi connectivity index (χ2n) is 5.73. The number of hydrogen-bond acceptors (Lipinski definition) is 6. The van der Waals surface area contributed by atoms with Crippen LogP contribution in [-0.4, -0.2) is 15.9 Å². The topological polar surface area (TPSA) is 64.1 Å². The number of anilines is 1. The number of ether oxygens (including phenoxy) is 1. The first-order valence-electron chi connectivity index (χ1n) is 8.18. The number of carbonyl (C=O) groups excluding carboxylic acids is 1. The van der Waals surface area contributed by atoms with Gasteiger partial charge in [0.05, 0.1) is 17.3 Å². The Morgan fingerprint density at radius 1 is 1.15 bits per heavy atom. The van der Waals surface area contributed by atoms with Crippen LogP contribution in [0.5, 0.6) is 11.5 Å². The highest BCUT2D eigenvalue weighted by Gasteiger charge is 2.13. The normalized spacial score (nSPS) is 10.6. The quantitative estimate of drug-likeness (QED) is 0.478. The Kier molecular flexibility index (Phi) is 4.95. The average molecular weight is 393 g/mol. The van der Waals surface area contributed by atoms with Gasteiger partial charge in [0, 0.05) is 11.9 Å². The fourth-order valence-corrected chi connectivity index (χ4v) is 4.08. The molecule has 0 aliphatic rings. The standard InChI is InChI=1S/C20H15N3O2S2/c1-13-10-14(6-7-16(13)25-15-4-2-8-21-11-15)23-19(24)18-12-22-20(27-18)17-5-3-9-26-17/h2-12H,1H3,(H,23,24). The zero-order chi connectivity index (χ0) is 18.6. The lowest BCUT2D eigenvalue weighted by Crippen LogP contribution is -2.10. The molecule has 27 heavy (non-hydrogen) atoms. The first kappa shape index (κ1) is 17.4. The van der Waals surface area contributed by atoms with Crippen molar-refractivity contribution in [2.75, 3.05) is 5.32 Å².